The molecule has 176 valence electrons. The topological polar surface area (TPSA) is 130 Å². The molecule has 0 saturated heterocycles. The lowest BCUT2D eigenvalue weighted by Gasteiger charge is -2.12. The first-order valence-electron chi connectivity index (χ1n) is 9.75. The number of phenols is 1. The summed E-state index contributed by atoms with van der Waals surface area (Å²) in [7, 11) is 2.79. The van der Waals surface area contributed by atoms with Crippen molar-refractivity contribution in [3.8, 4) is 23.0 Å². The molecule has 0 fully saturated rings. The van der Waals surface area contributed by atoms with Gasteiger partial charge in [0.05, 0.1) is 41.2 Å². The summed E-state index contributed by atoms with van der Waals surface area (Å²) in [5, 5.41) is 10.2. The fourth-order valence-electron chi connectivity index (χ4n) is 2.89. The highest BCUT2D eigenvalue weighted by Crippen LogP contribution is 2.35. The number of carbonyl (C=O) groups excluding carboxylic acids is 1. The number of halogens is 2. The number of ether oxygens (including phenoxy) is 3. The van der Waals surface area contributed by atoms with Gasteiger partial charge in [0.25, 0.3) is 0 Å². The molecule has 10 heteroatoms. The van der Waals surface area contributed by atoms with E-state index in [-0.39, 0.29) is 11.3 Å². The predicted octanol–water partition coefficient (Wildman–Crippen LogP) is 5.69. The number of anilines is 2. The van der Waals surface area contributed by atoms with Crippen molar-refractivity contribution in [2.45, 2.75) is 0 Å². The van der Waals surface area contributed by atoms with E-state index < -0.39 is 5.97 Å². The van der Waals surface area contributed by atoms with Gasteiger partial charge in [-0.25, -0.2) is 4.79 Å². The fourth-order valence-corrected chi connectivity index (χ4v) is 3.24. The number of fused-ring (bicyclic) bond motifs is 1. The Labute approximate surface area is 205 Å². The van der Waals surface area contributed by atoms with Crippen LogP contribution in [0.2, 0.25) is 10.0 Å². The van der Waals surface area contributed by atoms with Crippen LogP contribution in [0.15, 0.2) is 60.8 Å². The highest BCUT2D eigenvalue weighted by molar-refractivity contribution is 6.33. The quantitative estimate of drug-likeness (QED) is 0.185. The molecule has 34 heavy (non-hydrogen) atoms. The molecule has 0 spiro atoms. The predicted molar refractivity (Wildman–Crippen MR) is 133 cm³/mol. The monoisotopic (exact) mass is 501 g/mol. The van der Waals surface area contributed by atoms with E-state index in [1.807, 2.05) is 0 Å². The summed E-state index contributed by atoms with van der Waals surface area (Å²) in [6.07, 6.45) is 1.60. The molecule has 4 rings (SSSR count). The summed E-state index contributed by atoms with van der Waals surface area (Å²) in [5.41, 5.74) is 12.9. The Morgan fingerprint density at radius 1 is 0.912 bits per heavy atom. The molecule has 0 radical (unpaired) electrons. The lowest BCUT2D eigenvalue weighted by atomic mass is 10.1. The first kappa shape index (κ1) is 24.8. The van der Waals surface area contributed by atoms with Crippen LogP contribution in [0, 0.1) is 0 Å². The second kappa shape index (κ2) is 10.8. The normalized spacial score (nSPS) is 10.2. The molecule has 8 nitrogen and oxygen atoms in total. The Hall–Kier alpha value is -3.88. The van der Waals surface area contributed by atoms with Crippen molar-refractivity contribution in [1.29, 1.82) is 0 Å². The minimum atomic E-state index is -0.510. The molecule has 0 unspecified atom stereocenters. The van der Waals surface area contributed by atoms with Crippen LogP contribution < -0.4 is 20.9 Å². The van der Waals surface area contributed by atoms with Crippen molar-refractivity contribution in [2.75, 3.05) is 25.7 Å². The summed E-state index contributed by atoms with van der Waals surface area (Å²) in [4.78, 5) is 16.3. The number of esters is 1. The van der Waals surface area contributed by atoms with Crippen molar-refractivity contribution >= 4 is 51.4 Å². The molecular formula is C24H21Cl2N3O5. The Balaban J connectivity index is 0.000000302. The fraction of sp³-hybridized carbons (Fsp3) is 0.0833. The van der Waals surface area contributed by atoms with Gasteiger partial charge in [-0.3, -0.25) is 4.98 Å². The van der Waals surface area contributed by atoms with Gasteiger partial charge >= 0.3 is 5.97 Å². The number of benzene rings is 3. The van der Waals surface area contributed by atoms with Crippen LogP contribution in [0.25, 0.3) is 10.9 Å². The van der Waals surface area contributed by atoms with Gasteiger partial charge in [0, 0.05) is 29.8 Å². The third-order valence-electron chi connectivity index (χ3n) is 4.61. The van der Waals surface area contributed by atoms with E-state index in [0.717, 1.165) is 0 Å². The zero-order chi connectivity index (χ0) is 24.8. The molecular weight excluding hydrogens is 481 g/mol. The lowest BCUT2D eigenvalue weighted by molar-refractivity contribution is 0.0597. The largest absolute Gasteiger partial charge is 0.508 e. The second-order valence-electron chi connectivity index (χ2n) is 6.86. The number of methoxy groups -OCH3 is 2. The van der Waals surface area contributed by atoms with Crippen molar-refractivity contribution in [3.05, 3.63) is 76.4 Å². The second-order valence-corrected chi connectivity index (χ2v) is 7.68. The van der Waals surface area contributed by atoms with E-state index in [2.05, 4.69) is 4.98 Å². The van der Waals surface area contributed by atoms with E-state index in [1.165, 1.54) is 26.4 Å². The van der Waals surface area contributed by atoms with E-state index in [0.29, 0.717) is 49.6 Å². The standard InChI is InChI=1S/C18H15ClN2O4.C6H6ClNO/c1-23-17-9-15-11(8-12(17)18(22)24-2)16(5-6-21-15)25-10-3-4-14(20)13(19)7-10;7-5-3-4(9)1-2-6(5)8/h3-9H,20H2,1-2H3;1-3,9H,8H2. The van der Waals surface area contributed by atoms with Crippen molar-refractivity contribution in [1.82, 2.24) is 4.98 Å². The Morgan fingerprint density at radius 2 is 1.59 bits per heavy atom. The Kier molecular flexibility index (Phi) is 7.88. The molecule has 0 aliphatic heterocycles. The van der Waals surface area contributed by atoms with E-state index in [9.17, 15) is 4.79 Å². The SMILES string of the molecule is COC(=O)c1cc2c(Oc3ccc(N)c(Cl)c3)ccnc2cc1OC.Nc1ccc(O)cc1Cl. The number of hydrogen-bond acceptors (Lipinski definition) is 8. The lowest BCUT2D eigenvalue weighted by Crippen LogP contribution is -2.04. The zero-order valence-corrected chi connectivity index (χ0v) is 19.7. The maximum atomic E-state index is 12.0. The smallest absolute Gasteiger partial charge is 0.341 e. The van der Waals surface area contributed by atoms with Crippen LogP contribution >= 0.6 is 23.2 Å². The third kappa shape index (κ3) is 5.72. The first-order chi connectivity index (χ1) is 16.2. The zero-order valence-electron chi connectivity index (χ0n) is 18.2. The molecule has 3 aromatic carbocycles. The molecule has 1 heterocycles. The van der Waals surface area contributed by atoms with E-state index in [1.54, 1.807) is 48.7 Å². The summed E-state index contributed by atoms with van der Waals surface area (Å²) in [6, 6.07) is 14.4. The molecule has 0 saturated carbocycles. The van der Waals surface area contributed by atoms with Gasteiger partial charge in [-0.05, 0) is 36.4 Å². The molecule has 1 aromatic heterocycles. The number of rotatable bonds is 4. The number of hydrogen-bond donors (Lipinski definition) is 3. The average molecular weight is 502 g/mol. The van der Waals surface area contributed by atoms with Gasteiger partial charge in [0.15, 0.2) is 0 Å². The number of aromatic nitrogens is 1. The van der Waals surface area contributed by atoms with Crippen LogP contribution in [-0.4, -0.2) is 30.3 Å². The van der Waals surface area contributed by atoms with Crippen molar-refractivity contribution < 1.29 is 24.1 Å². The molecule has 0 aliphatic rings. The Bertz CT molecular complexity index is 1350. The number of carbonyl (C=O) groups is 1. The number of nitrogens with zero attached hydrogens (tertiary/aromatic N) is 1. The average Bonchev–Trinajstić information content (AvgIpc) is 2.83. The van der Waals surface area contributed by atoms with Crippen LogP contribution in [0.1, 0.15) is 10.4 Å². The van der Waals surface area contributed by atoms with Crippen LogP contribution in [0.3, 0.4) is 0 Å². The number of phenolic OH excluding ortho intramolecular Hbond substituents is 1. The van der Waals surface area contributed by atoms with Crippen LogP contribution in [0.5, 0.6) is 23.0 Å². The maximum absolute atomic E-state index is 12.0. The van der Waals surface area contributed by atoms with Crippen LogP contribution in [-0.2, 0) is 4.74 Å². The highest BCUT2D eigenvalue weighted by Gasteiger charge is 2.17. The minimum Gasteiger partial charge on any atom is -0.508 e. The number of nitrogen functional groups attached to an aromatic ring is 2. The highest BCUT2D eigenvalue weighted by atomic mass is 35.5. The van der Waals surface area contributed by atoms with Gasteiger partial charge in [0.2, 0.25) is 0 Å². The van der Waals surface area contributed by atoms with Gasteiger partial charge in [-0.1, -0.05) is 23.2 Å². The number of aromatic hydroxyl groups is 1. The summed E-state index contributed by atoms with van der Waals surface area (Å²) >= 11 is 11.6. The van der Waals surface area contributed by atoms with Crippen LogP contribution in [0.4, 0.5) is 11.4 Å². The number of nitrogens with two attached hydrogens (primary N) is 2. The van der Waals surface area contributed by atoms with Gasteiger partial charge in [-0.2, -0.15) is 0 Å². The number of pyridine rings is 1. The summed E-state index contributed by atoms with van der Waals surface area (Å²) < 4.78 is 16.0. The maximum Gasteiger partial charge on any atom is 0.341 e. The van der Waals surface area contributed by atoms with E-state index >= 15 is 0 Å². The van der Waals surface area contributed by atoms with Gasteiger partial charge < -0.3 is 30.8 Å². The first-order valence-corrected chi connectivity index (χ1v) is 10.5. The third-order valence-corrected chi connectivity index (χ3v) is 5.27. The molecule has 0 amide bonds. The molecule has 0 atom stereocenters. The summed E-state index contributed by atoms with van der Waals surface area (Å²) in [5.74, 6) is 1.03. The molecule has 4 aromatic rings. The van der Waals surface area contributed by atoms with Crippen molar-refractivity contribution in [2.24, 2.45) is 0 Å². The molecule has 5 N–H and O–H groups in total. The summed E-state index contributed by atoms with van der Waals surface area (Å²) in [6.45, 7) is 0. The van der Waals surface area contributed by atoms with Gasteiger partial charge in [0.1, 0.15) is 28.6 Å². The Morgan fingerprint density at radius 3 is 2.18 bits per heavy atom. The minimum absolute atomic E-state index is 0.134. The molecule has 0 aliphatic carbocycles. The van der Waals surface area contributed by atoms with Gasteiger partial charge in [-0.15, -0.1) is 0 Å². The van der Waals surface area contributed by atoms with Crippen molar-refractivity contribution in [3.63, 3.8) is 0 Å². The molecule has 0 bridgehead atoms. The van der Waals surface area contributed by atoms with E-state index in [4.69, 9.17) is 54.0 Å².